The molecule has 2 rings (SSSR count). The number of hydrogen-bond acceptors (Lipinski definition) is 4. The molecule has 0 amide bonds. The van der Waals surface area contributed by atoms with Gasteiger partial charge in [0, 0.05) is 13.8 Å². The molecule has 2 aliphatic carbocycles. The summed E-state index contributed by atoms with van der Waals surface area (Å²) >= 11 is 0. The van der Waals surface area contributed by atoms with Crippen LogP contribution in [-0.2, 0) is 19.1 Å². The van der Waals surface area contributed by atoms with Gasteiger partial charge in [-0.15, -0.1) is 0 Å². The molecule has 0 saturated heterocycles. The summed E-state index contributed by atoms with van der Waals surface area (Å²) in [5, 5.41) is 0. The van der Waals surface area contributed by atoms with Gasteiger partial charge in [-0.3, -0.25) is 0 Å². The first kappa shape index (κ1) is 16.4. The summed E-state index contributed by atoms with van der Waals surface area (Å²) in [7, 11) is 0. The first-order chi connectivity index (χ1) is 10.5. The molecule has 0 aromatic carbocycles. The van der Waals surface area contributed by atoms with Gasteiger partial charge >= 0.3 is 0 Å². The fourth-order valence-electron chi connectivity index (χ4n) is 3.25. The van der Waals surface area contributed by atoms with E-state index in [1.54, 1.807) is 25.7 Å². The molecule has 0 aromatic rings. The van der Waals surface area contributed by atoms with Crippen LogP contribution in [0.4, 0.5) is 0 Å². The van der Waals surface area contributed by atoms with Gasteiger partial charge in [0.05, 0.1) is 0 Å². The average molecular weight is 302 g/mol. The van der Waals surface area contributed by atoms with Crippen LogP contribution in [0.2, 0.25) is 0 Å². The van der Waals surface area contributed by atoms with Crippen LogP contribution in [0, 0.1) is 11.8 Å². The predicted octanol–water partition coefficient (Wildman–Crippen LogP) is 3.12. The van der Waals surface area contributed by atoms with E-state index >= 15 is 0 Å². The highest BCUT2D eigenvalue weighted by molar-refractivity contribution is 5.49. The van der Waals surface area contributed by atoms with Gasteiger partial charge in [-0.25, -0.2) is 9.59 Å². The molecule has 118 valence electrons. The summed E-state index contributed by atoms with van der Waals surface area (Å²) in [5.41, 5.74) is -1.22. The molecule has 2 fully saturated rings. The Labute approximate surface area is 131 Å². The quantitative estimate of drug-likeness (QED) is 0.455. The van der Waals surface area contributed by atoms with Gasteiger partial charge in [-0.1, -0.05) is 11.8 Å². The molecule has 0 heterocycles. The molecule has 4 nitrogen and oxygen atoms in total. The second-order valence-electron chi connectivity index (χ2n) is 6.17. The van der Waals surface area contributed by atoms with Crippen molar-refractivity contribution in [1.82, 2.24) is 0 Å². The van der Waals surface area contributed by atoms with Crippen molar-refractivity contribution in [2.24, 2.45) is 0 Å². The van der Waals surface area contributed by atoms with E-state index in [2.05, 4.69) is 11.8 Å². The third-order valence-corrected chi connectivity index (χ3v) is 4.32. The zero-order valence-corrected chi connectivity index (χ0v) is 13.3. The third kappa shape index (κ3) is 3.83. The van der Waals surface area contributed by atoms with Crippen molar-refractivity contribution in [2.75, 3.05) is 0 Å². The van der Waals surface area contributed by atoms with Gasteiger partial charge in [-0.05, 0) is 51.4 Å². The monoisotopic (exact) mass is 302 g/mol. The summed E-state index contributed by atoms with van der Waals surface area (Å²) < 4.78 is 11.5. The number of carbonyl (C=O) groups excluding carboxylic acids is 2. The molecule has 0 bridgehead atoms. The Morgan fingerprint density at radius 2 is 1.05 bits per heavy atom. The van der Waals surface area contributed by atoms with Crippen molar-refractivity contribution in [3.63, 3.8) is 0 Å². The molecule has 22 heavy (non-hydrogen) atoms. The lowest BCUT2D eigenvalue weighted by Crippen LogP contribution is -2.30. The van der Waals surface area contributed by atoms with Crippen LogP contribution in [0.25, 0.3) is 0 Å². The fraction of sp³-hybridized carbons (Fsp3) is 0.667. The van der Waals surface area contributed by atoms with E-state index in [1.807, 2.05) is 0 Å². The van der Waals surface area contributed by atoms with Crippen molar-refractivity contribution >= 4 is 11.9 Å². The highest BCUT2D eigenvalue weighted by Gasteiger charge is 2.38. The number of hydrogen-bond donors (Lipinski definition) is 0. The Morgan fingerprint density at radius 3 is 1.32 bits per heavy atom. The zero-order valence-electron chi connectivity index (χ0n) is 13.3. The summed E-state index contributed by atoms with van der Waals surface area (Å²) in [6, 6.07) is 0. The Bertz CT molecular complexity index is 518. The topological polar surface area (TPSA) is 52.6 Å². The molecule has 0 spiro atoms. The molecular formula is C18H22O4. The molecule has 0 N–H and O–H groups in total. The van der Waals surface area contributed by atoms with Gasteiger partial charge in [-0.2, -0.15) is 0 Å². The van der Waals surface area contributed by atoms with Crippen molar-refractivity contribution < 1.29 is 19.1 Å². The maximum atomic E-state index is 10.7. The van der Waals surface area contributed by atoms with E-state index in [0.717, 1.165) is 51.4 Å². The second-order valence-corrected chi connectivity index (χ2v) is 6.17. The third-order valence-electron chi connectivity index (χ3n) is 4.32. The molecule has 2 aliphatic rings. The zero-order chi connectivity index (χ0) is 16.1. The van der Waals surface area contributed by atoms with Crippen LogP contribution < -0.4 is 0 Å². The number of ether oxygens (including phenoxy) is 2. The Balaban J connectivity index is 2.26. The van der Waals surface area contributed by atoms with Gasteiger partial charge in [0.1, 0.15) is 0 Å². The Morgan fingerprint density at radius 1 is 0.727 bits per heavy atom. The lowest BCUT2D eigenvalue weighted by molar-refractivity contribution is 0.0533. The summed E-state index contributed by atoms with van der Waals surface area (Å²) in [5.74, 6) is 10.5. The van der Waals surface area contributed by atoms with Crippen molar-refractivity contribution in [3.05, 3.63) is 11.5 Å². The predicted molar refractivity (Wildman–Crippen MR) is 82.1 cm³/mol. The minimum absolute atomic E-state index is 0.238. The lowest BCUT2D eigenvalue weighted by atomic mass is 9.97. The summed E-state index contributed by atoms with van der Waals surface area (Å²) in [4.78, 5) is 21.5. The van der Waals surface area contributed by atoms with Crippen LogP contribution in [0.5, 0.6) is 0 Å². The van der Waals surface area contributed by atoms with E-state index in [4.69, 9.17) is 9.47 Å². The summed E-state index contributed by atoms with van der Waals surface area (Å²) in [6.07, 6.45) is 7.33. The van der Waals surface area contributed by atoms with Crippen LogP contribution >= 0.6 is 0 Å². The standard InChI is InChI=1S/C18H22O4/c1-15(13-19)21-17(7-3-4-8-17)11-12-18(9-5-6-10-18)22-16(2)14-20/h3-10H2,1-2H3. The maximum absolute atomic E-state index is 10.7. The SMILES string of the molecule is CC(=C=O)OC1(C#CC2(OC(C)=C=O)CCCC2)CCCC1. The van der Waals surface area contributed by atoms with Crippen LogP contribution in [-0.4, -0.2) is 23.1 Å². The van der Waals surface area contributed by atoms with E-state index in [1.165, 1.54) is 0 Å². The van der Waals surface area contributed by atoms with Gasteiger partial charge < -0.3 is 9.47 Å². The highest BCUT2D eigenvalue weighted by Crippen LogP contribution is 2.37. The number of rotatable bonds is 4. The molecule has 4 heteroatoms. The van der Waals surface area contributed by atoms with Crippen LogP contribution in [0.1, 0.15) is 65.2 Å². The molecular weight excluding hydrogens is 280 g/mol. The van der Waals surface area contributed by atoms with Crippen molar-refractivity contribution in [1.29, 1.82) is 0 Å². The Kier molecular flexibility index (Phi) is 5.14. The van der Waals surface area contributed by atoms with Crippen LogP contribution in [0.3, 0.4) is 0 Å². The van der Waals surface area contributed by atoms with Gasteiger partial charge in [0.2, 0.25) is 0 Å². The molecule has 0 aliphatic heterocycles. The minimum Gasteiger partial charge on any atom is -0.468 e. The number of allylic oxidation sites excluding steroid dienone is 2. The van der Waals surface area contributed by atoms with Crippen molar-refractivity contribution in [2.45, 2.75) is 76.4 Å². The smallest absolute Gasteiger partial charge is 0.178 e. The van der Waals surface area contributed by atoms with E-state index in [-0.39, 0.29) is 11.5 Å². The normalized spacial score (nSPS) is 21.0. The molecule has 2 saturated carbocycles. The van der Waals surface area contributed by atoms with Gasteiger partial charge in [0.15, 0.2) is 34.6 Å². The molecule has 0 radical (unpaired) electrons. The largest absolute Gasteiger partial charge is 0.468 e. The van der Waals surface area contributed by atoms with Crippen molar-refractivity contribution in [3.8, 4) is 11.8 Å². The van der Waals surface area contributed by atoms with Crippen LogP contribution in [0.15, 0.2) is 11.5 Å². The minimum atomic E-state index is -0.612. The first-order valence-corrected chi connectivity index (χ1v) is 7.89. The van der Waals surface area contributed by atoms with E-state index in [9.17, 15) is 9.59 Å². The Hall–Kier alpha value is -1.94. The molecule has 0 aromatic heterocycles. The molecule has 0 unspecified atom stereocenters. The van der Waals surface area contributed by atoms with E-state index in [0.29, 0.717) is 0 Å². The molecule has 0 atom stereocenters. The lowest BCUT2D eigenvalue weighted by Gasteiger charge is -2.27. The average Bonchev–Trinajstić information content (AvgIpc) is 3.16. The maximum Gasteiger partial charge on any atom is 0.178 e. The first-order valence-electron chi connectivity index (χ1n) is 7.89. The van der Waals surface area contributed by atoms with Gasteiger partial charge in [0.25, 0.3) is 0 Å². The van der Waals surface area contributed by atoms with E-state index < -0.39 is 11.2 Å². The second kappa shape index (κ2) is 6.88. The highest BCUT2D eigenvalue weighted by atomic mass is 16.5. The summed E-state index contributed by atoms with van der Waals surface area (Å²) in [6.45, 7) is 3.21. The fourth-order valence-corrected chi connectivity index (χ4v) is 3.25.